The van der Waals surface area contributed by atoms with Gasteiger partial charge in [0.2, 0.25) is 5.91 Å². The van der Waals surface area contributed by atoms with Crippen molar-refractivity contribution in [2.45, 2.75) is 413 Å². The highest BCUT2D eigenvalue weighted by atomic mass is 32.2. The number of carbonyl (C=O) groups excluding carboxylic acids is 4. The number of rotatable bonds is 4. The molecule has 4 aromatic heterocycles. The second-order valence-corrected chi connectivity index (χ2v) is 50.7. The molecule has 120 heavy (non-hydrogen) atoms. The highest BCUT2D eigenvalue weighted by molar-refractivity contribution is 8.14. The number of aromatic amines is 3. The first kappa shape index (κ1) is 111. The van der Waals surface area contributed by atoms with E-state index in [1.54, 1.807) is 33.3 Å². The van der Waals surface area contributed by atoms with Gasteiger partial charge in [-0.1, -0.05) is 178 Å². The Labute approximate surface area is 728 Å². The van der Waals surface area contributed by atoms with Gasteiger partial charge in [-0.05, 0) is 235 Å². The summed E-state index contributed by atoms with van der Waals surface area (Å²) < 4.78 is 15.2. The Hall–Kier alpha value is -7.18. The Kier molecular flexibility index (Phi) is 36.7. The van der Waals surface area contributed by atoms with Crippen LogP contribution in [0.4, 0.5) is 23.3 Å². The first-order chi connectivity index (χ1) is 52.8. The molecule has 0 spiro atoms. The monoisotopic (exact) mass is 1700 g/mol. The number of allylic oxidation sites excluding steroid dienone is 1. The molecule has 688 valence electrons. The van der Waals surface area contributed by atoms with Crippen molar-refractivity contribution < 1.29 is 28.7 Å². The summed E-state index contributed by atoms with van der Waals surface area (Å²) in [6.45, 7) is 99.6. The molecule has 6 atom stereocenters. The van der Waals surface area contributed by atoms with Crippen molar-refractivity contribution in [1.82, 2.24) is 43.8 Å². The number of hydrogen-bond acceptors (Lipinski definition) is 18. The van der Waals surface area contributed by atoms with Gasteiger partial charge in [-0.2, -0.15) is 9.97 Å². The average molecular weight is 1700 g/mol. The van der Waals surface area contributed by atoms with Crippen LogP contribution in [-0.4, -0.2) is 112 Å². The van der Waals surface area contributed by atoms with E-state index in [0.717, 1.165) is 37.1 Å². The highest BCUT2D eigenvalue weighted by Crippen LogP contribution is 2.49. The molecule has 3 saturated heterocycles. The first-order valence-corrected chi connectivity index (χ1v) is 43.9. The van der Waals surface area contributed by atoms with Crippen molar-refractivity contribution in [3.05, 3.63) is 100 Å². The van der Waals surface area contributed by atoms with Gasteiger partial charge in [-0.25, -0.2) is 19.1 Å². The van der Waals surface area contributed by atoms with E-state index >= 15 is 0 Å². The van der Waals surface area contributed by atoms with Gasteiger partial charge in [0, 0.05) is 97.9 Å². The molecule has 0 aromatic carbocycles. The quantitative estimate of drug-likeness (QED) is 0.0934. The molecule has 0 bridgehead atoms. The number of likely N-dealkylation sites (tertiary alicyclic amines) is 1. The second kappa shape index (κ2) is 39.8. The predicted octanol–water partition coefficient (Wildman–Crippen LogP) is 20.7. The van der Waals surface area contributed by atoms with E-state index in [1.807, 2.05) is 189 Å². The van der Waals surface area contributed by atoms with Gasteiger partial charge in [-0.15, -0.1) is 0 Å². The fourth-order valence-electron chi connectivity index (χ4n) is 13.0. The average Bonchev–Trinajstić information content (AvgIpc) is 0.931. The van der Waals surface area contributed by atoms with E-state index in [-0.39, 0.29) is 146 Å². The van der Waals surface area contributed by atoms with Gasteiger partial charge in [0.15, 0.2) is 5.12 Å². The molecular weight excluding hydrogens is 1530 g/mol. The van der Waals surface area contributed by atoms with Crippen LogP contribution in [0.1, 0.15) is 357 Å². The highest BCUT2D eigenvalue weighted by Gasteiger charge is 2.48. The molecule has 0 aliphatic carbocycles. The fourth-order valence-corrected chi connectivity index (χ4v) is 14.5. The van der Waals surface area contributed by atoms with Crippen LogP contribution in [0.15, 0.2) is 66.4 Å². The normalized spacial score (nSPS) is 19.2. The Morgan fingerprint density at radius 1 is 0.450 bits per heavy atom. The third kappa shape index (κ3) is 37.9. The van der Waals surface area contributed by atoms with Crippen LogP contribution in [0.3, 0.4) is 0 Å². The zero-order chi connectivity index (χ0) is 95.0. The number of nitrogens with one attached hydrogen (secondary N) is 7. The molecule has 4 aliphatic rings. The fraction of sp³-hybridized carbons (Fsp3) is 0.779. The van der Waals surface area contributed by atoms with Crippen LogP contribution in [-0.2, 0) is 50.7 Å². The van der Waals surface area contributed by atoms with E-state index in [4.69, 9.17) is 9.47 Å². The number of thioether (sulfide) groups is 1. The lowest BCUT2D eigenvalue weighted by Crippen LogP contribution is -2.45. The minimum Gasteiger partial charge on any atom is -0.462 e. The van der Waals surface area contributed by atoms with Crippen molar-refractivity contribution in [3.63, 3.8) is 0 Å². The predicted molar refractivity (Wildman–Crippen MR) is 503 cm³/mol. The van der Waals surface area contributed by atoms with Gasteiger partial charge in [0.05, 0.1) is 17.4 Å². The van der Waals surface area contributed by atoms with Crippen LogP contribution < -0.4 is 49.5 Å². The summed E-state index contributed by atoms with van der Waals surface area (Å²) >= 11 is 1.57. The van der Waals surface area contributed by atoms with Crippen molar-refractivity contribution in [2.24, 2.45) is 61.6 Å². The number of carbonyl (C=O) groups is 4. The lowest BCUT2D eigenvalue weighted by Gasteiger charge is -2.33. The van der Waals surface area contributed by atoms with Crippen LogP contribution in [0.2, 0.25) is 0 Å². The minimum atomic E-state index is -0.523. The van der Waals surface area contributed by atoms with Gasteiger partial charge >= 0.3 is 29.0 Å². The number of ether oxygens (including phenoxy) is 2. The van der Waals surface area contributed by atoms with Crippen LogP contribution in [0.25, 0.3) is 0 Å². The SMILES string of the molecule is CC(C)(C)C1=CC(C(C)(C)C)C(=O)O1.CC(C)(C)C1CC(C(C)(C)C)C(=O)O1.CC(C)(C)C1CC(C(C)(C)C)C(=O)S1.CC(C)(C)C1CCN(C(C)(C)C)C1=O.CC(C)(C)Nc1cc(=O)n(C(C)(C)C)c(=O)[nH]1.CC(C)(C)Nc1cc(NC(C)(C)C)[nH]c(=O)n1.CC(C)(C)Nc1ccn(C(C)(C)C)c(=O)n1.CC(C)(C)c1c[nH]n(C(C)(C)C)c1=O. The number of anilines is 4. The summed E-state index contributed by atoms with van der Waals surface area (Å²) in [5.74, 6) is 3.76. The number of nitrogens with zero attached hydrogens (tertiary/aromatic N) is 6. The van der Waals surface area contributed by atoms with Crippen molar-refractivity contribution >= 4 is 58.0 Å². The van der Waals surface area contributed by atoms with Crippen LogP contribution in [0.5, 0.6) is 0 Å². The maximum atomic E-state index is 12.1. The number of amides is 1. The number of cyclic esters (lactones) is 2. The molecule has 24 nitrogen and oxygen atoms in total. The molecule has 0 radical (unpaired) electrons. The molecule has 3 fully saturated rings. The van der Waals surface area contributed by atoms with E-state index in [9.17, 15) is 43.2 Å². The molecule has 7 N–H and O–H groups in total. The topological polar surface area (TPSA) is 311 Å². The summed E-state index contributed by atoms with van der Waals surface area (Å²) in [4.78, 5) is 121. The molecule has 0 saturated carbocycles. The smallest absolute Gasteiger partial charge is 0.349 e. The van der Waals surface area contributed by atoms with E-state index < -0.39 is 11.2 Å². The lowest BCUT2D eigenvalue weighted by molar-refractivity contribution is -0.149. The molecule has 4 aromatic rings. The standard InChI is InChI=1S/C12H22N4O.C12H21N3O2.C12H21N3O.C12H23NO.C12H22O2.C12H20O2.C12H22OS.C11H20N2O/c1-11(2,3)15-8-7-9(14-10(17)13-8)16-12(4,5)6;1-11(2,3)14-8-7-9(16)15(10(17)13-8)12(4,5)6;1-11(2,3)14-9-7-8-15(10(16)13-9)12(4,5)6;1-11(2,3)9-7-8-13(10(9)14)12(4,5)6;3*1-11(2,3)8-7-9(12(4,5)6)14-10(8)13;1-10(2,3)8-7-12-13(9(8)14)11(4,5)6/h7H,1-6H3,(H3,13,14,15,16,17);7,14H,1-6H3,(H,13,17);7-8H,1-6H3,(H,13,14,16);9H,7-8H2,1-6H3;8-9H,7H2,1-6H3;7-8H,1-6H3;8-9H,7H2,1-6H3;7,12H,1-6H3. The van der Waals surface area contributed by atoms with E-state index in [2.05, 4.69) is 212 Å². The molecule has 1 amide bonds. The summed E-state index contributed by atoms with van der Waals surface area (Å²) in [6, 6.07) is 5.05. The zero-order valence-electron chi connectivity index (χ0n) is 84.3. The number of aromatic nitrogens is 8. The van der Waals surface area contributed by atoms with Crippen molar-refractivity contribution in [3.8, 4) is 0 Å². The van der Waals surface area contributed by atoms with Crippen molar-refractivity contribution in [1.29, 1.82) is 0 Å². The lowest BCUT2D eigenvalue weighted by atomic mass is 9.76. The molecule has 8 rings (SSSR count). The zero-order valence-corrected chi connectivity index (χ0v) is 85.2. The molecule has 25 heteroatoms. The maximum absolute atomic E-state index is 12.1. The minimum absolute atomic E-state index is 0.0163. The Morgan fingerprint density at radius 2 is 0.908 bits per heavy atom. The molecule has 6 unspecified atom stereocenters. The largest absolute Gasteiger partial charge is 0.462 e. The number of H-pyrrole nitrogens is 3. The van der Waals surface area contributed by atoms with E-state index in [0.29, 0.717) is 39.5 Å². The summed E-state index contributed by atoms with van der Waals surface area (Å²) in [5.41, 5.74) is -1.46. The Bertz CT molecular complexity index is 4170. The van der Waals surface area contributed by atoms with Crippen LogP contribution in [0, 0.1) is 61.6 Å². The Morgan fingerprint density at radius 3 is 1.19 bits per heavy atom. The molecular formula is C95H171N13O11S. The third-order valence-corrected chi connectivity index (χ3v) is 21.4. The Balaban J connectivity index is 0.000000687. The van der Waals surface area contributed by atoms with Gasteiger partial charge in [0.25, 0.3) is 11.1 Å². The summed E-state index contributed by atoms with van der Waals surface area (Å²) in [5, 5.41) is 16.6. The third-order valence-electron chi connectivity index (χ3n) is 19.7. The first-order valence-electron chi connectivity index (χ1n) is 43.0. The van der Waals surface area contributed by atoms with Crippen molar-refractivity contribution in [2.75, 3.05) is 27.8 Å². The number of hydrogen-bond donors (Lipinski definition) is 7. The maximum Gasteiger partial charge on any atom is 0.349 e. The van der Waals surface area contributed by atoms with Gasteiger partial charge < -0.3 is 40.7 Å². The van der Waals surface area contributed by atoms with Crippen LogP contribution >= 0.6 is 11.8 Å². The summed E-state index contributed by atoms with van der Waals surface area (Å²) in [7, 11) is 0. The number of esters is 2. The second-order valence-electron chi connectivity index (χ2n) is 49.5. The van der Waals surface area contributed by atoms with Gasteiger partial charge in [-0.3, -0.25) is 47.9 Å². The van der Waals surface area contributed by atoms with Gasteiger partial charge in [0.1, 0.15) is 35.1 Å². The molecule has 4 aliphatic heterocycles. The molecule has 8 heterocycles. The van der Waals surface area contributed by atoms with E-state index in [1.165, 1.54) is 10.6 Å². The summed E-state index contributed by atoms with van der Waals surface area (Å²) in [6.07, 6.45) is 8.58.